The first-order valence-electron chi connectivity index (χ1n) is 14.0. The number of nitrogens with zero attached hydrogens (tertiary/aromatic N) is 2. The number of unbranched alkanes of at least 4 members (excludes halogenated alkanes) is 2. The quantitative estimate of drug-likeness (QED) is 0.253. The summed E-state index contributed by atoms with van der Waals surface area (Å²) in [4.78, 5) is 16.0. The maximum atomic E-state index is 12.5. The van der Waals surface area contributed by atoms with Crippen molar-refractivity contribution in [3.8, 4) is 0 Å². The van der Waals surface area contributed by atoms with Crippen LogP contribution in [0.2, 0.25) is 0 Å². The Hall–Kier alpha value is -1.52. The molecule has 9 heteroatoms. The summed E-state index contributed by atoms with van der Waals surface area (Å²) in [5.74, 6) is -0.440. The molecular weight excluding hydrogens is 490 g/mol. The normalized spacial score (nSPS) is 23.2. The van der Waals surface area contributed by atoms with Crippen molar-refractivity contribution >= 4 is 16.1 Å². The zero-order chi connectivity index (χ0) is 27.8. The summed E-state index contributed by atoms with van der Waals surface area (Å²) in [5.41, 5.74) is 5.96. The first-order valence-corrected chi connectivity index (χ1v) is 15.4. The standard InChI is InChI=1S/C28H49N3O5S/c1-6-10-13-21(8-3)17-30-19-28(5,29)26(31(20-30)18-22(9-4)14-11-7-2)23-15-12-16-24(27(32)33)25(23)37(34,35)36/h12,15-16,21-22,26H,6-11,13-14,17-20,29H2,1-5H3,(H,32,33)(H,34,35,36). The van der Waals surface area contributed by atoms with Crippen molar-refractivity contribution in [2.24, 2.45) is 17.6 Å². The number of carbonyl (C=O) groups is 1. The molecule has 0 aromatic heterocycles. The topological polar surface area (TPSA) is 124 Å². The van der Waals surface area contributed by atoms with E-state index in [9.17, 15) is 22.9 Å². The molecule has 1 aliphatic heterocycles. The second-order valence-electron chi connectivity index (χ2n) is 11.2. The summed E-state index contributed by atoms with van der Waals surface area (Å²) >= 11 is 0. The van der Waals surface area contributed by atoms with Crippen molar-refractivity contribution in [2.75, 3.05) is 26.3 Å². The van der Waals surface area contributed by atoms with Gasteiger partial charge < -0.3 is 10.8 Å². The fourth-order valence-corrected chi connectivity index (χ4v) is 6.88. The van der Waals surface area contributed by atoms with E-state index in [0.29, 0.717) is 25.0 Å². The van der Waals surface area contributed by atoms with E-state index in [2.05, 4.69) is 37.5 Å². The first kappa shape index (κ1) is 31.7. The monoisotopic (exact) mass is 539 g/mol. The average Bonchev–Trinajstić information content (AvgIpc) is 2.82. The van der Waals surface area contributed by atoms with Crippen LogP contribution in [0.4, 0.5) is 0 Å². The molecule has 4 N–H and O–H groups in total. The number of hydrogen-bond donors (Lipinski definition) is 3. The molecule has 0 radical (unpaired) electrons. The molecule has 0 spiro atoms. The van der Waals surface area contributed by atoms with Crippen LogP contribution >= 0.6 is 0 Å². The lowest BCUT2D eigenvalue weighted by Crippen LogP contribution is -2.65. The molecule has 4 unspecified atom stereocenters. The van der Waals surface area contributed by atoms with E-state index in [1.807, 2.05) is 6.92 Å². The Kier molecular flexibility index (Phi) is 12.0. The van der Waals surface area contributed by atoms with Gasteiger partial charge in [-0.25, -0.2) is 4.79 Å². The largest absolute Gasteiger partial charge is 0.478 e. The lowest BCUT2D eigenvalue weighted by molar-refractivity contribution is -0.0308. The van der Waals surface area contributed by atoms with E-state index in [1.54, 1.807) is 12.1 Å². The van der Waals surface area contributed by atoms with Gasteiger partial charge in [-0.3, -0.25) is 14.4 Å². The molecule has 1 saturated heterocycles. The van der Waals surface area contributed by atoms with Gasteiger partial charge in [0, 0.05) is 25.2 Å². The summed E-state index contributed by atoms with van der Waals surface area (Å²) in [6.45, 7) is 13.5. The SMILES string of the molecule is CCCCC(CC)CN1CN(CC(CC)CCCC)C(c2cccc(C(=O)O)c2S(=O)(=O)O)C(C)(N)C1. The molecular formula is C28H49N3O5S. The Labute approximate surface area is 224 Å². The van der Waals surface area contributed by atoms with Crippen LogP contribution < -0.4 is 5.73 Å². The minimum Gasteiger partial charge on any atom is -0.478 e. The molecule has 0 aliphatic carbocycles. The van der Waals surface area contributed by atoms with Crippen molar-refractivity contribution in [1.82, 2.24) is 9.80 Å². The highest BCUT2D eigenvalue weighted by Crippen LogP contribution is 2.40. The molecule has 4 atom stereocenters. The van der Waals surface area contributed by atoms with E-state index < -0.39 is 38.1 Å². The average molecular weight is 540 g/mol. The van der Waals surface area contributed by atoms with Gasteiger partial charge in [-0.05, 0) is 43.2 Å². The van der Waals surface area contributed by atoms with E-state index in [1.165, 1.54) is 12.5 Å². The van der Waals surface area contributed by atoms with E-state index in [-0.39, 0.29) is 5.56 Å². The summed E-state index contributed by atoms with van der Waals surface area (Å²) in [6.07, 6.45) is 8.86. The second kappa shape index (κ2) is 14.0. The van der Waals surface area contributed by atoms with E-state index in [0.717, 1.165) is 58.0 Å². The Balaban J connectivity index is 2.58. The molecule has 212 valence electrons. The second-order valence-corrected chi connectivity index (χ2v) is 12.5. The highest BCUT2D eigenvalue weighted by atomic mass is 32.2. The van der Waals surface area contributed by atoms with Crippen LogP contribution in [-0.4, -0.2) is 65.7 Å². The Morgan fingerprint density at radius 1 is 1.08 bits per heavy atom. The summed E-state index contributed by atoms with van der Waals surface area (Å²) < 4.78 is 35.2. The number of rotatable bonds is 15. The van der Waals surface area contributed by atoms with Gasteiger partial charge in [0.25, 0.3) is 10.1 Å². The predicted octanol–water partition coefficient (Wildman–Crippen LogP) is 5.40. The lowest BCUT2D eigenvalue weighted by atomic mass is 9.82. The van der Waals surface area contributed by atoms with Crippen molar-refractivity contribution in [3.05, 3.63) is 29.3 Å². The maximum Gasteiger partial charge on any atom is 0.337 e. The number of benzene rings is 1. The van der Waals surface area contributed by atoms with E-state index >= 15 is 0 Å². The van der Waals surface area contributed by atoms with Crippen molar-refractivity contribution in [3.63, 3.8) is 0 Å². The van der Waals surface area contributed by atoms with Crippen LogP contribution in [0, 0.1) is 11.8 Å². The van der Waals surface area contributed by atoms with Crippen molar-refractivity contribution in [2.45, 2.75) is 102 Å². The third kappa shape index (κ3) is 8.48. The molecule has 8 nitrogen and oxygen atoms in total. The Morgan fingerprint density at radius 2 is 1.65 bits per heavy atom. The third-order valence-electron chi connectivity index (χ3n) is 7.86. The molecule has 37 heavy (non-hydrogen) atoms. The molecule has 1 aromatic rings. The zero-order valence-corrected chi connectivity index (χ0v) is 24.3. The van der Waals surface area contributed by atoms with Crippen LogP contribution in [0.5, 0.6) is 0 Å². The molecule has 0 saturated carbocycles. The van der Waals surface area contributed by atoms with Crippen molar-refractivity contribution < 1.29 is 22.9 Å². The highest BCUT2D eigenvalue weighted by Gasteiger charge is 2.45. The van der Waals surface area contributed by atoms with Crippen molar-refractivity contribution in [1.29, 1.82) is 0 Å². The first-order chi connectivity index (χ1) is 17.4. The van der Waals surface area contributed by atoms with Gasteiger partial charge in [-0.15, -0.1) is 0 Å². The number of carboxylic acids is 1. The van der Waals surface area contributed by atoms with Gasteiger partial charge in [-0.1, -0.05) is 78.4 Å². The molecule has 1 aromatic carbocycles. The number of hydrogen-bond acceptors (Lipinski definition) is 6. The minimum atomic E-state index is -4.80. The molecule has 0 bridgehead atoms. The zero-order valence-electron chi connectivity index (χ0n) is 23.4. The van der Waals surface area contributed by atoms with E-state index in [4.69, 9.17) is 5.73 Å². The lowest BCUT2D eigenvalue weighted by Gasteiger charge is -2.52. The van der Waals surface area contributed by atoms with Crippen LogP contribution in [-0.2, 0) is 10.1 Å². The molecule has 2 rings (SSSR count). The van der Waals surface area contributed by atoms with Gasteiger partial charge in [0.2, 0.25) is 0 Å². The fourth-order valence-electron chi connectivity index (χ4n) is 5.97. The minimum absolute atomic E-state index is 0.260. The molecule has 1 heterocycles. The van der Waals surface area contributed by atoms with Gasteiger partial charge in [0.1, 0.15) is 4.90 Å². The maximum absolute atomic E-state index is 12.5. The number of aromatic carboxylic acids is 1. The number of nitrogens with two attached hydrogens (primary N) is 1. The van der Waals surface area contributed by atoms with Crippen LogP contribution in [0.3, 0.4) is 0 Å². The smallest absolute Gasteiger partial charge is 0.337 e. The summed E-state index contributed by atoms with van der Waals surface area (Å²) in [5, 5.41) is 9.74. The third-order valence-corrected chi connectivity index (χ3v) is 8.83. The van der Waals surface area contributed by atoms with Gasteiger partial charge in [0.05, 0.1) is 18.3 Å². The molecule has 1 fully saturated rings. The van der Waals surface area contributed by atoms with Gasteiger partial charge >= 0.3 is 5.97 Å². The molecule has 0 amide bonds. The summed E-state index contributed by atoms with van der Waals surface area (Å²) in [7, 11) is -4.80. The van der Waals surface area contributed by atoms with Crippen LogP contribution in [0.15, 0.2) is 23.1 Å². The Bertz CT molecular complexity index is 982. The summed E-state index contributed by atoms with van der Waals surface area (Å²) in [6, 6.07) is 3.81. The van der Waals surface area contributed by atoms with Crippen LogP contribution in [0.25, 0.3) is 0 Å². The molecule has 1 aliphatic rings. The fraction of sp³-hybridized carbons (Fsp3) is 0.750. The van der Waals surface area contributed by atoms with Crippen LogP contribution in [0.1, 0.15) is 108 Å². The highest BCUT2D eigenvalue weighted by molar-refractivity contribution is 7.86. The van der Waals surface area contributed by atoms with Gasteiger partial charge in [0.15, 0.2) is 0 Å². The Morgan fingerprint density at radius 3 is 2.14 bits per heavy atom. The number of carboxylic acid groups (broad SMARTS) is 1. The predicted molar refractivity (Wildman–Crippen MR) is 148 cm³/mol. The van der Waals surface area contributed by atoms with Gasteiger partial charge in [-0.2, -0.15) is 8.42 Å².